The normalized spacial score (nSPS) is 15.0. The number of piperazine rings is 1. The lowest BCUT2D eigenvalue weighted by Gasteiger charge is -2.35. The third-order valence-corrected chi connectivity index (χ3v) is 4.46. The largest absolute Gasteiger partial charge is 0.496 e. The number of hydrogen-bond donors (Lipinski definition) is 0. The minimum atomic E-state index is -0.0436. The summed E-state index contributed by atoms with van der Waals surface area (Å²) >= 11 is 0. The maximum absolute atomic E-state index is 13.0. The topological polar surface area (TPSA) is 54.9 Å². The number of amides is 1. The van der Waals surface area contributed by atoms with Crippen LogP contribution in [0.4, 0.5) is 0 Å². The molecule has 0 atom stereocenters. The monoisotopic (exact) mass is 341 g/mol. The van der Waals surface area contributed by atoms with E-state index < -0.39 is 0 Å². The van der Waals surface area contributed by atoms with Gasteiger partial charge in [-0.3, -0.25) is 14.7 Å². The molecular weight excluding hydrogens is 318 g/mol. The predicted octanol–water partition coefficient (Wildman–Crippen LogP) is 2.06. The van der Waals surface area contributed by atoms with Crippen molar-refractivity contribution in [3.05, 3.63) is 53.9 Å². The molecule has 1 aromatic carbocycles. The van der Waals surface area contributed by atoms with Gasteiger partial charge in [-0.1, -0.05) is 6.07 Å². The van der Waals surface area contributed by atoms with E-state index in [1.807, 2.05) is 35.5 Å². The molecule has 132 valence electrons. The second-order valence-corrected chi connectivity index (χ2v) is 5.96. The van der Waals surface area contributed by atoms with E-state index in [9.17, 15) is 4.79 Å². The molecule has 1 aromatic heterocycles. The quantitative estimate of drug-likeness (QED) is 0.833. The first kappa shape index (κ1) is 17.2. The predicted molar refractivity (Wildman–Crippen MR) is 95.0 cm³/mol. The first-order valence-electron chi connectivity index (χ1n) is 8.34. The zero-order valence-corrected chi connectivity index (χ0v) is 14.6. The summed E-state index contributed by atoms with van der Waals surface area (Å²) in [5, 5.41) is 0. The van der Waals surface area contributed by atoms with Gasteiger partial charge in [-0.2, -0.15) is 0 Å². The minimum Gasteiger partial charge on any atom is -0.496 e. The maximum atomic E-state index is 13.0. The number of carbonyl (C=O) groups is 1. The van der Waals surface area contributed by atoms with Crippen molar-refractivity contribution >= 4 is 5.91 Å². The van der Waals surface area contributed by atoms with Crippen LogP contribution in [0.3, 0.4) is 0 Å². The lowest BCUT2D eigenvalue weighted by atomic mass is 10.1. The van der Waals surface area contributed by atoms with E-state index >= 15 is 0 Å². The molecule has 1 saturated heterocycles. The molecule has 6 heteroatoms. The van der Waals surface area contributed by atoms with Crippen LogP contribution in [0.2, 0.25) is 0 Å². The fourth-order valence-corrected chi connectivity index (χ4v) is 3.08. The van der Waals surface area contributed by atoms with Crippen LogP contribution < -0.4 is 9.47 Å². The van der Waals surface area contributed by atoms with Crippen molar-refractivity contribution in [1.82, 2.24) is 14.8 Å². The summed E-state index contributed by atoms with van der Waals surface area (Å²) in [7, 11) is 3.14. The zero-order valence-electron chi connectivity index (χ0n) is 14.6. The number of methoxy groups -OCH3 is 2. The summed E-state index contributed by atoms with van der Waals surface area (Å²) in [6.07, 6.45) is 3.62. The second-order valence-electron chi connectivity index (χ2n) is 5.96. The highest BCUT2D eigenvalue weighted by molar-refractivity contribution is 5.99. The molecule has 6 nitrogen and oxygen atoms in total. The van der Waals surface area contributed by atoms with Gasteiger partial charge in [0.1, 0.15) is 17.1 Å². The molecule has 1 aliphatic rings. The van der Waals surface area contributed by atoms with Crippen LogP contribution in [0, 0.1) is 0 Å². The Morgan fingerprint density at radius 1 is 1.00 bits per heavy atom. The summed E-state index contributed by atoms with van der Waals surface area (Å²) < 4.78 is 10.7. The number of hydrogen-bond acceptors (Lipinski definition) is 5. The van der Waals surface area contributed by atoms with Crippen molar-refractivity contribution in [2.45, 2.75) is 6.54 Å². The average Bonchev–Trinajstić information content (AvgIpc) is 2.68. The van der Waals surface area contributed by atoms with Crippen molar-refractivity contribution in [3.8, 4) is 11.5 Å². The standard InChI is InChI=1S/C19H23N3O3/c1-24-16-4-3-5-17(25-2)18(16)19(23)22-12-10-21(11-13-22)14-15-6-8-20-9-7-15/h3-9H,10-14H2,1-2H3. The number of ether oxygens (including phenoxy) is 2. The fourth-order valence-electron chi connectivity index (χ4n) is 3.08. The van der Waals surface area contributed by atoms with Gasteiger partial charge in [-0.15, -0.1) is 0 Å². The molecule has 0 unspecified atom stereocenters. The van der Waals surface area contributed by atoms with Crippen molar-refractivity contribution in [3.63, 3.8) is 0 Å². The van der Waals surface area contributed by atoms with E-state index in [1.165, 1.54) is 5.56 Å². The molecule has 0 aliphatic carbocycles. The Kier molecular flexibility index (Phi) is 5.50. The van der Waals surface area contributed by atoms with E-state index in [4.69, 9.17) is 9.47 Å². The van der Waals surface area contributed by atoms with Gasteiger partial charge in [-0.25, -0.2) is 0 Å². The molecule has 0 bridgehead atoms. The van der Waals surface area contributed by atoms with E-state index in [1.54, 1.807) is 26.4 Å². The Balaban J connectivity index is 1.66. The van der Waals surface area contributed by atoms with Crippen LogP contribution in [-0.4, -0.2) is 61.1 Å². The molecule has 0 spiro atoms. The minimum absolute atomic E-state index is 0.0436. The molecule has 3 rings (SSSR count). The number of carbonyl (C=O) groups excluding carboxylic acids is 1. The highest BCUT2D eigenvalue weighted by Gasteiger charge is 2.27. The van der Waals surface area contributed by atoms with Gasteiger partial charge in [0.2, 0.25) is 0 Å². The molecule has 0 radical (unpaired) electrons. The first-order valence-corrected chi connectivity index (χ1v) is 8.34. The summed E-state index contributed by atoms with van der Waals surface area (Å²) in [5.74, 6) is 1.05. The Hall–Kier alpha value is -2.60. The summed E-state index contributed by atoms with van der Waals surface area (Å²) in [6.45, 7) is 3.93. The lowest BCUT2D eigenvalue weighted by Crippen LogP contribution is -2.48. The van der Waals surface area contributed by atoms with E-state index in [0.29, 0.717) is 30.2 Å². The van der Waals surface area contributed by atoms with E-state index in [0.717, 1.165) is 19.6 Å². The summed E-state index contributed by atoms with van der Waals surface area (Å²) in [6, 6.07) is 9.44. The maximum Gasteiger partial charge on any atom is 0.261 e. The highest BCUT2D eigenvalue weighted by Crippen LogP contribution is 2.29. The molecule has 2 aromatic rings. The Morgan fingerprint density at radius 2 is 1.60 bits per heavy atom. The number of benzene rings is 1. The third-order valence-electron chi connectivity index (χ3n) is 4.46. The smallest absolute Gasteiger partial charge is 0.261 e. The number of nitrogens with zero attached hydrogens (tertiary/aromatic N) is 3. The van der Waals surface area contributed by atoms with Crippen molar-refractivity contribution in [1.29, 1.82) is 0 Å². The molecule has 1 fully saturated rings. The van der Waals surface area contributed by atoms with Gasteiger partial charge in [-0.05, 0) is 29.8 Å². The van der Waals surface area contributed by atoms with Crippen LogP contribution in [0.25, 0.3) is 0 Å². The van der Waals surface area contributed by atoms with Gasteiger partial charge < -0.3 is 14.4 Å². The summed E-state index contributed by atoms with van der Waals surface area (Å²) in [4.78, 5) is 21.2. The van der Waals surface area contributed by atoms with E-state index in [-0.39, 0.29) is 5.91 Å². The first-order chi connectivity index (χ1) is 12.2. The van der Waals surface area contributed by atoms with Crippen molar-refractivity contribution < 1.29 is 14.3 Å². The molecule has 2 heterocycles. The molecule has 0 saturated carbocycles. The lowest BCUT2D eigenvalue weighted by molar-refractivity contribution is 0.0622. The Labute approximate surface area is 148 Å². The van der Waals surface area contributed by atoms with Gasteiger partial charge in [0, 0.05) is 45.1 Å². The fraction of sp³-hybridized carbons (Fsp3) is 0.368. The van der Waals surface area contributed by atoms with E-state index in [2.05, 4.69) is 9.88 Å². The molecular formula is C19H23N3O3. The average molecular weight is 341 g/mol. The molecule has 25 heavy (non-hydrogen) atoms. The zero-order chi connectivity index (χ0) is 17.6. The van der Waals surface area contributed by atoms with Crippen LogP contribution in [-0.2, 0) is 6.54 Å². The molecule has 0 N–H and O–H groups in total. The number of rotatable bonds is 5. The van der Waals surface area contributed by atoms with Gasteiger partial charge in [0.15, 0.2) is 0 Å². The second kappa shape index (κ2) is 7.98. The van der Waals surface area contributed by atoms with Gasteiger partial charge in [0.05, 0.1) is 14.2 Å². The SMILES string of the molecule is COc1cccc(OC)c1C(=O)N1CCN(Cc2ccncc2)CC1. The third kappa shape index (κ3) is 3.91. The number of pyridine rings is 1. The van der Waals surface area contributed by atoms with Crippen LogP contribution in [0.5, 0.6) is 11.5 Å². The van der Waals surface area contributed by atoms with Gasteiger partial charge in [0.25, 0.3) is 5.91 Å². The molecule has 1 amide bonds. The van der Waals surface area contributed by atoms with Gasteiger partial charge >= 0.3 is 0 Å². The molecule has 1 aliphatic heterocycles. The Bertz CT molecular complexity index is 691. The van der Waals surface area contributed by atoms with Crippen molar-refractivity contribution in [2.24, 2.45) is 0 Å². The number of aromatic nitrogens is 1. The summed E-state index contributed by atoms with van der Waals surface area (Å²) in [5.41, 5.74) is 1.73. The van der Waals surface area contributed by atoms with Crippen molar-refractivity contribution in [2.75, 3.05) is 40.4 Å². The highest BCUT2D eigenvalue weighted by atomic mass is 16.5. The van der Waals surface area contributed by atoms with Crippen LogP contribution in [0.15, 0.2) is 42.7 Å². The van der Waals surface area contributed by atoms with Crippen LogP contribution >= 0.6 is 0 Å². The van der Waals surface area contributed by atoms with Crippen LogP contribution in [0.1, 0.15) is 15.9 Å². The Morgan fingerprint density at radius 3 is 2.16 bits per heavy atom.